The summed E-state index contributed by atoms with van der Waals surface area (Å²) < 4.78 is 22.8. The molecule has 1 aromatic carbocycles. The van der Waals surface area contributed by atoms with Gasteiger partial charge in [-0.2, -0.15) is 0 Å². The van der Waals surface area contributed by atoms with Gasteiger partial charge < -0.3 is 34.7 Å². The number of carbonyl (C=O) groups is 1. The highest BCUT2D eigenvalue weighted by Crippen LogP contribution is 2.38. The van der Waals surface area contributed by atoms with Gasteiger partial charge in [0.2, 0.25) is 5.75 Å². The van der Waals surface area contributed by atoms with Gasteiger partial charge in [0.15, 0.2) is 23.0 Å². The van der Waals surface area contributed by atoms with E-state index in [0.29, 0.717) is 34.4 Å². The number of aliphatic hydroxyl groups is 1. The van der Waals surface area contributed by atoms with E-state index >= 15 is 0 Å². The van der Waals surface area contributed by atoms with Gasteiger partial charge in [-0.25, -0.2) is 14.3 Å². The summed E-state index contributed by atoms with van der Waals surface area (Å²) in [7, 11) is 4.59. The quantitative estimate of drug-likeness (QED) is 0.413. The Morgan fingerprint density at radius 2 is 1.90 bits per heavy atom. The summed E-state index contributed by atoms with van der Waals surface area (Å²) >= 11 is 0. The highest BCUT2D eigenvalue weighted by atomic mass is 16.5. The van der Waals surface area contributed by atoms with Crippen LogP contribution in [0.3, 0.4) is 0 Å². The van der Waals surface area contributed by atoms with E-state index in [-0.39, 0.29) is 26.4 Å². The van der Waals surface area contributed by atoms with Crippen molar-refractivity contribution in [3.63, 3.8) is 0 Å². The second kappa shape index (κ2) is 10.5. The van der Waals surface area contributed by atoms with Crippen molar-refractivity contribution in [2.24, 2.45) is 0 Å². The Bertz CT molecular complexity index is 1010. The molecule has 3 N–H and O–H groups in total. The number of hydrogen-bond donors (Lipinski definition) is 3. The van der Waals surface area contributed by atoms with Crippen LogP contribution in [-0.4, -0.2) is 60.3 Å². The smallest absolute Gasteiger partial charge is 0.319 e. The van der Waals surface area contributed by atoms with Gasteiger partial charge in [-0.05, 0) is 29.8 Å². The Kier molecular flexibility index (Phi) is 7.46. The van der Waals surface area contributed by atoms with Crippen LogP contribution in [-0.2, 0) is 17.9 Å². The maximum Gasteiger partial charge on any atom is 0.319 e. The Balaban J connectivity index is 1.68. The Labute approximate surface area is 178 Å². The third kappa shape index (κ3) is 5.32. The first-order chi connectivity index (χ1) is 15.1. The molecule has 3 rings (SSSR count). The van der Waals surface area contributed by atoms with E-state index in [9.17, 15) is 4.79 Å². The summed E-state index contributed by atoms with van der Waals surface area (Å²) in [6.45, 7) is 0.518. The van der Waals surface area contributed by atoms with E-state index in [1.807, 2.05) is 0 Å². The number of benzene rings is 1. The van der Waals surface area contributed by atoms with E-state index in [1.165, 1.54) is 21.3 Å². The molecular weight excluding hydrogens is 406 g/mol. The first-order valence-corrected chi connectivity index (χ1v) is 9.46. The number of urea groups is 1. The van der Waals surface area contributed by atoms with Crippen molar-refractivity contribution in [1.82, 2.24) is 19.9 Å². The normalized spacial score (nSPS) is 10.7. The lowest BCUT2D eigenvalue weighted by Crippen LogP contribution is -2.28. The predicted octanol–water partition coefficient (Wildman–Crippen LogP) is 1.59. The number of anilines is 1. The molecule has 166 valence electrons. The number of aromatic nitrogens is 3. The van der Waals surface area contributed by atoms with E-state index in [0.717, 1.165) is 5.56 Å². The van der Waals surface area contributed by atoms with Gasteiger partial charge in [0.25, 0.3) is 0 Å². The summed E-state index contributed by atoms with van der Waals surface area (Å²) in [5, 5.41) is 18.7. The molecule has 2 heterocycles. The summed E-state index contributed by atoms with van der Waals surface area (Å²) in [6.07, 6.45) is 1.72. The zero-order chi connectivity index (χ0) is 22.2. The van der Waals surface area contributed by atoms with Crippen LogP contribution in [0.4, 0.5) is 10.5 Å². The number of rotatable bonds is 10. The van der Waals surface area contributed by atoms with Gasteiger partial charge in [0, 0.05) is 12.7 Å². The van der Waals surface area contributed by atoms with Crippen molar-refractivity contribution in [2.45, 2.75) is 13.2 Å². The minimum atomic E-state index is -0.414. The van der Waals surface area contributed by atoms with Crippen molar-refractivity contribution >= 4 is 17.4 Å². The molecule has 2 amide bonds. The molecule has 2 aromatic heterocycles. The number of nitrogens with zero attached hydrogens (tertiary/aromatic N) is 3. The molecule has 3 aromatic rings. The van der Waals surface area contributed by atoms with Crippen LogP contribution < -0.4 is 24.8 Å². The largest absolute Gasteiger partial charge is 0.493 e. The van der Waals surface area contributed by atoms with Crippen LogP contribution in [0.15, 0.2) is 30.5 Å². The zero-order valence-electron chi connectivity index (χ0n) is 17.5. The zero-order valence-corrected chi connectivity index (χ0v) is 17.5. The van der Waals surface area contributed by atoms with Crippen molar-refractivity contribution in [3.8, 4) is 17.2 Å². The summed E-state index contributed by atoms with van der Waals surface area (Å²) in [4.78, 5) is 16.8. The van der Waals surface area contributed by atoms with Gasteiger partial charge >= 0.3 is 6.03 Å². The molecule has 11 nitrogen and oxygen atoms in total. The topological polar surface area (TPSA) is 128 Å². The summed E-state index contributed by atoms with van der Waals surface area (Å²) in [5.41, 5.74) is 1.74. The van der Waals surface area contributed by atoms with Crippen molar-refractivity contribution < 1.29 is 28.8 Å². The standard InChI is InChI=1S/C20H25N5O6/c1-28-15-9-13(10-16(29-2)18(15)30-3)11-21-20(27)22-14-5-4-6-25-19(14)23-17(24-25)12-31-8-7-26/h4-6,9-10,26H,7-8,11-12H2,1-3H3,(H2,21,22,27). The fourth-order valence-electron chi connectivity index (χ4n) is 2.92. The molecule has 0 aliphatic rings. The van der Waals surface area contributed by atoms with Gasteiger partial charge in [0.1, 0.15) is 6.61 Å². The number of ether oxygens (including phenoxy) is 4. The van der Waals surface area contributed by atoms with Crippen molar-refractivity contribution in [2.75, 3.05) is 39.9 Å². The minimum Gasteiger partial charge on any atom is -0.493 e. The van der Waals surface area contributed by atoms with Crippen LogP contribution >= 0.6 is 0 Å². The minimum absolute atomic E-state index is 0.0771. The van der Waals surface area contributed by atoms with Crippen molar-refractivity contribution in [1.29, 1.82) is 0 Å². The van der Waals surface area contributed by atoms with Crippen LogP contribution in [0.25, 0.3) is 5.65 Å². The second-order valence-corrected chi connectivity index (χ2v) is 6.34. The maximum absolute atomic E-state index is 12.5. The lowest BCUT2D eigenvalue weighted by Gasteiger charge is -2.14. The number of methoxy groups -OCH3 is 3. The average Bonchev–Trinajstić information content (AvgIpc) is 3.21. The van der Waals surface area contributed by atoms with Crippen LogP contribution in [0.5, 0.6) is 17.2 Å². The highest BCUT2D eigenvalue weighted by Gasteiger charge is 2.14. The molecule has 11 heteroatoms. The molecular formula is C20H25N5O6. The first-order valence-electron chi connectivity index (χ1n) is 9.46. The molecule has 0 saturated carbocycles. The molecule has 31 heavy (non-hydrogen) atoms. The molecule has 0 unspecified atom stereocenters. The fraction of sp³-hybridized carbons (Fsp3) is 0.350. The van der Waals surface area contributed by atoms with E-state index < -0.39 is 6.03 Å². The third-order valence-corrected chi connectivity index (χ3v) is 4.30. The number of fused-ring (bicyclic) bond motifs is 1. The van der Waals surface area contributed by atoms with Crippen LogP contribution in [0.2, 0.25) is 0 Å². The van der Waals surface area contributed by atoms with Crippen LogP contribution in [0.1, 0.15) is 11.4 Å². The van der Waals surface area contributed by atoms with E-state index in [2.05, 4.69) is 20.7 Å². The number of aliphatic hydroxyl groups excluding tert-OH is 1. The molecule has 0 fully saturated rings. The van der Waals surface area contributed by atoms with Gasteiger partial charge in [-0.3, -0.25) is 0 Å². The van der Waals surface area contributed by atoms with E-state index in [1.54, 1.807) is 35.0 Å². The Morgan fingerprint density at radius 3 is 2.55 bits per heavy atom. The van der Waals surface area contributed by atoms with Gasteiger partial charge in [-0.1, -0.05) is 0 Å². The van der Waals surface area contributed by atoms with Gasteiger partial charge in [-0.15, -0.1) is 5.10 Å². The molecule has 0 atom stereocenters. The number of carbonyl (C=O) groups excluding carboxylic acids is 1. The second-order valence-electron chi connectivity index (χ2n) is 6.34. The fourth-order valence-corrected chi connectivity index (χ4v) is 2.92. The predicted molar refractivity (Wildman–Crippen MR) is 112 cm³/mol. The molecule has 0 radical (unpaired) electrons. The lowest BCUT2D eigenvalue weighted by molar-refractivity contribution is 0.0778. The molecule has 0 aliphatic heterocycles. The van der Waals surface area contributed by atoms with Crippen LogP contribution in [0, 0.1) is 0 Å². The van der Waals surface area contributed by atoms with E-state index in [4.69, 9.17) is 24.1 Å². The number of pyridine rings is 1. The average molecular weight is 431 g/mol. The monoisotopic (exact) mass is 431 g/mol. The molecule has 0 saturated heterocycles. The summed E-state index contributed by atoms with van der Waals surface area (Å²) in [6, 6.07) is 6.58. The van der Waals surface area contributed by atoms with Crippen molar-refractivity contribution in [3.05, 3.63) is 41.9 Å². The third-order valence-electron chi connectivity index (χ3n) is 4.30. The Morgan fingerprint density at radius 1 is 1.16 bits per heavy atom. The first kappa shape index (κ1) is 22.1. The molecule has 0 spiro atoms. The number of hydrogen-bond acceptors (Lipinski definition) is 8. The highest BCUT2D eigenvalue weighted by molar-refractivity contribution is 5.92. The SMILES string of the molecule is COc1cc(CNC(=O)Nc2cccn3nc(COCCO)nc23)cc(OC)c1OC. The number of amides is 2. The van der Waals surface area contributed by atoms with Gasteiger partial charge in [0.05, 0.1) is 40.2 Å². The Hall–Kier alpha value is -3.57. The molecule has 0 bridgehead atoms. The molecule has 0 aliphatic carbocycles. The maximum atomic E-state index is 12.5. The summed E-state index contributed by atoms with van der Waals surface area (Å²) in [5.74, 6) is 1.93. The lowest BCUT2D eigenvalue weighted by atomic mass is 10.2. The number of nitrogens with one attached hydrogen (secondary N) is 2.